The first-order valence-electron chi connectivity index (χ1n) is 6.44. The standard InChI is InChI=1S/C13H19F3O3/c1-11(2,3)10(17)19-6-7-4-8-5-9(7)12(14,15)13(8,16)18/h7-9,18H,4-6H2,1-3H3. The van der Waals surface area contributed by atoms with Gasteiger partial charge < -0.3 is 9.84 Å². The van der Waals surface area contributed by atoms with E-state index in [0.29, 0.717) is 0 Å². The van der Waals surface area contributed by atoms with E-state index < -0.39 is 40.9 Å². The Labute approximate surface area is 110 Å². The molecule has 1 N–H and O–H groups in total. The first-order valence-corrected chi connectivity index (χ1v) is 6.44. The Morgan fingerprint density at radius 1 is 1.32 bits per heavy atom. The normalized spacial score (nSPS) is 40.5. The first kappa shape index (κ1) is 14.6. The van der Waals surface area contributed by atoms with Gasteiger partial charge in [0.2, 0.25) is 0 Å². The van der Waals surface area contributed by atoms with Crippen molar-refractivity contribution in [2.24, 2.45) is 23.2 Å². The number of aliphatic hydroxyl groups is 1. The Hall–Kier alpha value is -0.780. The SMILES string of the molecule is CC(C)(C)C(=O)OCC1CC2CC1C(F)(F)C2(O)F. The lowest BCUT2D eigenvalue weighted by Crippen LogP contribution is -2.52. The van der Waals surface area contributed by atoms with E-state index in [2.05, 4.69) is 0 Å². The second-order valence-electron chi connectivity index (χ2n) is 6.68. The number of hydrogen-bond donors (Lipinski definition) is 1. The van der Waals surface area contributed by atoms with Crippen molar-refractivity contribution in [2.75, 3.05) is 6.61 Å². The molecule has 0 heterocycles. The van der Waals surface area contributed by atoms with Crippen molar-refractivity contribution in [3.63, 3.8) is 0 Å². The average Bonchev–Trinajstić information content (AvgIpc) is 2.74. The lowest BCUT2D eigenvalue weighted by Gasteiger charge is -2.36. The van der Waals surface area contributed by atoms with Crippen LogP contribution >= 0.6 is 0 Å². The maximum absolute atomic E-state index is 13.7. The van der Waals surface area contributed by atoms with Gasteiger partial charge in [-0.05, 0) is 33.6 Å². The fraction of sp³-hybridized carbons (Fsp3) is 0.923. The average molecular weight is 280 g/mol. The van der Waals surface area contributed by atoms with Crippen molar-refractivity contribution in [3.8, 4) is 0 Å². The summed E-state index contributed by atoms with van der Waals surface area (Å²) in [5.74, 6) is -10.5. The molecule has 0 aromatic heterocycles. The highest BCUT2D eigenvalue weighted by Gasteiger charge is 2.74. The molecule has 3 nitrogen and oxygen atoms in total. The van der Waals surface area contributed by atoms with E-state index in [1.165, 1.54) is 0 Å². The zero-order valence-electron chi connectivity index (χ0n) is 11.3. The van der Waals surface area contributed by atoms with Gasteiger partial charge in [0.05, 0.1) is 12.0 Å². The van der Waals surface area contributed by atoms with Crippen LogP contribution in [0.15, 0.2) is 0 Å². The summed E-state index contributed by atoms with van der Waals surface area (Å²) in [4.78, 5) is 11.6. The molecule has 0 aromatic rings. The number of carbonyl (C=O) groups excluding carboxylic acids is 1. The predicted octanol–water partition coefficient (Wildman–Crippen LogP) is 2.53. The lowest BCUT2D eigenvalue weighted by atomic mass is 9.83. The van der Waals surface area contributed by atoms with E-state index in [-0.39, 0.29) is 19.4 Å². The van der Waals surface area contributed by atoms with Crippen molar-refractivity contribution in [1.82, 2.24) is 0 Å². The van der Waals surface area contributed by atoms with E-state index in [4.69, 9.17) is 4.74 Å². The van der Waals surface area contributed by atoms with Gasteiger partial charge in [-0.1, -0.05) is 0 Å². The zero-order chi connectivity index (χ0) is 14.6. The summed E-state index contributed by atoms with van der Waals surface area (Å²) in [6.45, 7) is 4.88. The highest BCUT2D eigenvalue weighted by atomic mass is 19.3. The summed E-state index contributed by atoms with van der Waals surface area (Å²) in [5, 5.41) is 9.21. The molecule has 2 saturated carbocycles. The van der Waals surface area contributed by atoms with Crippen LogP contribution in [0.2, 0.25) is 0 Å². The fourth-order valence-corrected chi connectivity index (χ4v) is 3.00. The molecule has 19 heavy (non-hydrogen) atoms. The Morgan fingerprint density at radius 3 is 2.32 bits per heavy atom. The van der Waals surface area contributed by atoms with Crippen LogP contribution in [0.25, 0.3) is 0 Å². The maximum atomic E-state index is 13.7. The predicted molar refractivity (Wildman–Crippen MR) is 61.1 cm³/mol. The molecule has 4 atom stereocenters. The Bertz CT molecular complexity index is 387. The van der Waals surface area contributed by atoms with Gasteiger partial charge in [-0.15, -0.1) is 0 Å². The van der Waals surface area contributed by atoms with Gasteiger partial charge in [-0.25, -0.2) is 4.39 Å². The molecule has 2 aliphatic carbocycles. The second-order valence-corrected chi connectivity index (χ2v) is 6.68. The van der Waals surface area contributed by atoms with Crippen molar-refractivity contribution in [3.05, 3.63) is 0 Å². The van der Waals surface area contributed by atoms with E-state index in [1.807, 2.05) is 0 Å². The molecule has 0 saturated heterocycles. The quantitative estimate of drug-likeness (QED) is 0.791. The number of carbonyl (C=O) groups is 1. The third-order valence-corrected chi connectivity index (χ3v) is 4.21. The molecular formula is C13H19F3O3. The number of esters is 1. The summed E-state index contributed by atoms with van der Waals surface area (Å²) in [7, 11) is 0. The molecule has 0 radical (unpaired) electrons. The Balaban J connectivity index is 1.99. The molecule has 2 bridgehead atoms. The zero-order valence-corrected chi connectivity index (χ0v) is 11.3. The van der Waals surface area contributed by atoms with Crippen molar-refractivity contribution < 1.29 is 27.8 Å². The van der Waals surface area contributed by atoms with Crippen LogP contribution in [-0.4, -0.2) is 29.5 Å². The Morgan fingerprint density at radius 2 is 1.89 bits per heavy atom. The molecule has 2 fully saturated rings. The molecule has 4 unspecified atom stereocenters. The summed E-state index contributed by atoms with van der Waals surface area (Å²) in [5.41, 5.74) is -0.693. The third kappa shape index (κ3) is 2.14. The highest BCUT2D eigenvalue weighted by molar-refractivity contribution is 5.75. The fourth-order valence-electron chi connectivity index (χ4n) is 3.00. The van der Waals surface area contributed by atoms with Gasteiger partial charge in [0.15, 0.2) is 0 Å². The number of fused-ring (bicyclic) bond motifs is 2. The molecule has 2 aliphatic rings. The van der Waals surface area contributed by atoms with Crippen LogP contribution < -0.4 is 0 Å². The van der Waals surface area contributed by atoms with Crippen LogP contribution in [-0.2, 0) is 9.53 Å². The third-order valence-electron chi connectivity index (χ3n) is 4.21. The molecule has 0 amide bonds. The van der Waals surface area contributed by atoms with Gasteiger partial charge >= 0.3 is 11.9 Å². The van der Waals surface area contributed by atoms with E-state index in [9.17, 15) is 23.1 Å². The van der Waals surface area contributed by atoms with Gasteiger partial charge in [0.25, 0.3) is 5.85 Å². The summed E-state index contributed by atoms with van der Waals surface area (Å²) in [6, 6.07) is 0. The van der Waals surface area contributed by atoms with Gasteiger partial charge in [0, 0.05) is 17.8 Å². The molecule has 0 spiro atoms. The number of ether oxygens (including phenoxy) is 1. The Kier molecular flexibility index (Phi) is 3.16. The minimum Gasteiger partial charge on any atom is -0.465 e. The van der Waals surface area contributed by atoms with Gasteiger partial charge in [-0.2, -0.15) is 8.78 Å². The number of halogens is 3. The van der Waals surface area contributed by atoms with Crippen LogP contribution in [0, 0.1) is 23.2 Å². The lowest BCUT2D eigenvalue weighted by molar-refractivity contribution is -0.285. The maximum Gasteiger partial charge on any atom is 0.311 e. The second kappa shape index (κ2) is 4.11. The van der Waals surface area contributed by atoms with Gasteiger partial charge in [-0.3, -0.25) is 4.79 Å². The van der Waals surface area contributed by atoms with Crippen LogP contribution in [0.5, 0.6) is 0 Å². The van der Waals surface area contributed by atoms with Gasteiger partial charge in [0.1, 0.15) is 0 Å². The number of hydrogen-bond acceptors (Lipinski definition) is 3. The molecule has 110 valence electrons. The molecule has 0 aliphatic heterocycles. The first-order chi connectivity index (χ1) is 8.48. The molecular weight excluding hydrogens is 261 g/mol. The van der Waals surface area contributed by atoms with Crippen molar-refractivity contribution in [1.29, 1.82) is 0 Å². The molecule has 6 heteroatoms. The van der Waals surface area contributed by atoms with Crippen LogP contribution in [0.3, 0.4) is 0 Å². The van der Waals surface area contributed by atoms with Crippen molar-refractivity contribution in [2.45, 2.75) is 45.4 Å². The smallest absolute Gasteiger partial charge is 0.311 e. The largest absolute Gasteiger partial charge is 0.465 e. The number of rotatable bonds is 2. The monoisotopic (exact) mass is 280 g/mol. The van der Waals surface area contributed by atoms with Crippen LogP contribution in [0.1, 0.15) is 33.6 Å². The summed E-state index contributed by atoms with van der Waals surface area (Å²) >= 11 is 0. The van der Waals surface area contributed by atoms with Crippen LogP contribution in [0.4, 0.5) is 13.2 Å². The molecule has 0 aromatic carbocycles. The minimum atomic E-state index is -3.76. The summed E-state index contributed by atoms with van der Waals surface area (Å²) < 4.78 is 45.9. The topological polar surface area (TPSA) is 46.5 Å². The molecule has 2 rings (SSSR count). The van der Waals surface area contributed by atoms with E-state index in [0.717, 1.165) is 0 Å². The van der Waals surface area contributed by atoms with E-state index in [1.54, 1.807) is 20.8 Å². The van der Waals surface area contributed by atoms with E-state index >= 15 is 0 Å². The number of alkyl halides is 3. The highest BCUT2D eigenvalue weighted by Crippen LogP contribution is 2.62. The summed E-state index contributed by atoms with van der Waals surface area (Å²) in [6.07, 6.45) is 0.0718. The van der Waals surface area contributed by atoms with Crippen molar-refractivity contribution >= 4 is 5.97 Å². The minimum absolute atomic E-state index is 0.0578.